The summed E-state index contributed by atoms with van der Waals surface area (Å²) in [6.07, 6.45) is 0.588. The molecule has 92 valence electrons. The van der Waals surface area contributed by atoms with Crippen LogP contribution in [0.2, 0.25) is 0 Å². The smallest absolute Gasteiger partial charge is 0.320 e. The highest BCUT2D eigenvalue weighted by molar-refractivity contribution is 5.82. The molecule has 4 heteroatoms. The molecule has 0 aromatic carbocycles. The minimum atomic E-state index is -0.430. The van der Waals surface area contributed by atoms with Crippen molar-refractivity contribution in [3.05, 3.63) is 0 Å². The van der Waals surface area contributed by atoms with Crippen molar-refractivity contribution in [3.63, 3.8) is 0 Å². The Labute approximate surface area is 96.9 Å². The summed E-state index contributed by atoms with van der Waals surface area (Å²) in [5, 5.41) is 0. The summed E-state index contributed by atoms with van der Waals surface area (Å²) < 4.78 is 5.20. The number of likely N-dealkylation sites (tertiary alicyclic amines) is 1. The summed E-state index contributed by atoms with van der Waals surface area (Å²) in [4.78, 5) is 24.7. The summed E-state index contributed by atoms with van der Waals surface area (Å²) >= 11 is 0. The van der Waals surface area contributed by atoms with Gasteiger partial charge in [0, 0.05) is 25.4 Å². The fourth-order valence-electron chi connectivity index (χ4n) is 1.75. The van der Waals surface area contributed by atoms with E-state index in [-0.39, 0.29) is 11.9 Å². The molecule has 16 heavy (non-hydrogen) atoms. The van der Waals surface area contributed by atoms with Crippen LogP contribution >= 0.6 is 0 Å². The topological polar surface area (TPSA) is 46.6 Å². The highest BCUT2D eigenvalue weighted by Gasteiger charge is 2.33. The summed E-state index contributed by atoms with van der Waals surface area (Å²) in [5.74, 6) is 0.211. The molecule has 0 bridgehead atoms. The van der Waals surface area contributed by atoms with E-state index in [2.05, 4.69) is 0 Å². The van der Waals surface area contributed by atoms with E-state index >= 15 is 0 Å². The van der Waals surface area contributed by atoms with Crippen molar-refractivity contribution in [2.24, 2.45) is 5.92 Å². The van der Waals surface area contributed by atoms with Crippen LogP contribution in [0.5, 0.6) is 0 Å². The van der Waals surface area contributed by atoms with E-state index in [4.69, 9.17) is 4.74 Å². The van der Waals surface area contributed by atoms with Gasteiger partial charge < -0.3 is 4.74 Å². The average molecular weight is 227 g/mol. The van der Waals surface area contributed by atoms with Gasteiger partial charge in [-0.2, -0.15) is 0 Å². The lowest BCUT2D eigenvalue weighted by molar-refractivity contribution is -0.158. The molecule has 0 saturated carbocycles. The molecular weight excluding hydrogens is 206 g/mol. The Balaban J connectivity index is 2.22. The standard InChI is InChI=1S/C12H21NO3/c1-5-10(14)9-6-13(7-9)8-11(15)16-12(2,3)4/h9H,5-8H2,1-4H3. The van der Waals surface area contributed by atoms with Crippen molar-refractivity contribution >= 4 is 11.8 Å². The van der Waals surface area contributed by atoms with Gasteiger partial charge in [0.25, 0.3) is 0 Å². The Hall–Kier alpha value is -0.900. The monoisotopic (exact) mass is 227 g/mol. The van der Waals surface area contributed by atoms with E-state index in [0.717, 1.165) is 0 Å². The lowest BCUT2D eigenvalue weighted by Crippen LogP contribution is -2.52. The lowest BCUT2D eigenvalue weighted by Gasteiger charge is -2.37. The van der Waals surface area contributed by atoms with E-state index in [1.165, 1.54) is 0 Å². The van der Waals surface area contributed by atoms with E-state index in [1.54, 1.807) is 0 Å². The minimum Gasteiger partial charge on any atom is -0.459 e. The van der Waals surface area contributed by atoms with Crippen LogP contribution in [0.3, 0.4) is 0 Å². The molecule has 0 radical (unpaired) electrons. The number of rotatable bonds is 4. The van der Waals surface area contributed by atoms with Gasteiger partial charge in [-0.25, -0.2) is 0 Å². The van der Waals surface area contributed by atoms with Crippen LogP contribution in [0.4, 0.5) is 0 Å². The molecule has 1 fully saturated rings. The second kappa shape index (κ2) is 4.95. The van der Waals surface area contributed by atoms with Gasteiger partial charge in [-0.3, -0.25) is 14.5 Å². The Bertz CT molecular complexity index is 274. The van der Waals surface area contributed by atoms with Crippen molar-refractivity contribution in [1.29, 1.82) is 0 Å². The van der Waals surface area contributed by atoms with Gasteiger partial charge in [0.1, 0.15) is 11.4 Å². The molecular formula is C12H21NO3. The predicted octanol–water partition coefficient (Wildman–Crippen LogP) is 1.24. The fraction of sp³-hybridized carbons (Fsp3) is 0.833. The van der Waals surface area contributed by atoms with Crippen molar-refractivity contribution < 1.29 is 14.3 Å². The van der Waals surface area contributed by atoms with Crippen LogP contribution in [-0.2, 0) is 14.3 Å². The third-order valence-electron chi connectivity index (χ3n) is 2.53. The van der Waals surface area contributed by atoms with E-state index in [0.29, 0.717) is 31.8 Å². The zero-order valence-corrected chi connectivity index (χ0v) is 10.6. The molecule has 1 aliphatic heterocycles. The van der Waals surface area contributed by atoms with Crippen LogP contribution in [-0.4, -0.2) is 41.9 Å². The van der Waals surface area contributed by atoms with Crippen molar-refractivity contribution in [2.75, 3.05) is 19.6 Å². The van der Waals surface area contributed by atoms with Crippen molar-refractivity contribution in [1.82, 2.24) is 4.90 Å². The van der Waals surface area contributed by atoms with Crippen LogP contribution in [0, 0.1) is 5.92 Å². The first-order valence-corrected chi connectivity index (χ1v) is 5.78. The molecule has 1 aliphatic rings. The molecule has 1 saturated heterocycles. The Morgan fingerprint density at radius 2 is 1.88 bits per heavy atom. The number of nitrogens with zero attached hydrogens (tertiary/aromatic N) is 1. The number of hydrogen-bond acceptors (Lipinski definition) is 4. The molecule has 0 unspecified atom stereocenters. The largest absolute Gasteiger partial charge is 0.459 e. The SMILES string of the molecule is CCC(=O)C1CN(CC(=O)OC(C)(C)C)C1. The Kier molecular flexibility index (Phi) is 4.08. The number of carbonyl (C=O) groups excluding carboxylic acids is 2. The molecule has 0 aromatic heterocycles. The molecule has 0 N–H and O–H groups in total. The summed E-state index contributed by atoms with van der Waals surface area (Å²) in [7, 11) is 0. The summed E-state index contributed by atoms with van der Waals surface area (Å²) in [6.45, 7) is 9.13. The third-order valence-corrected chi connectivity index (χ3v) is 2.53. The van der Waals surface area contributed by atoms with Crippen LogP contribution in [0.25, 0.3) is 0 Å². The molecule has 0 amide bonds. The first-order valence-electron chi connectivity index (χ1n) is 5.78. The second-order valence-electron chi connectivity index (χ2n) is 5.30. The predicted molar refractivity (Wildman–Crippen MR) is 61.1 cm³/mol. The lowest BCUT2D eigenvalue weighted by atomic mass is 9.94. The number of ketones is 1. The molecule has 1 rings (SSSR count). The first-order chi connectivity index (χ1) is 7.31. The van der Waals surface area contributed by atoms with Crippen molar-refractivity contribution in [2.45, 2.75) is 39.7 Å². The molecule has 0 aromatic rings. The van der Waals surface area contributed by atoms with Gasteiger partial charge in [-0.1, -0.05) is 6.92 Å². The maximum atomic E-state index is 11.5. The highest BCUT2D eigenvalue weighted by Crippen LogP contribution is 2.18. The van der Waals surface area contributed by atoms with Crippen LogP contribution < -0.4 is 0 Å². The third kappa shape index (κ3) is 3.93. The maximum Gasteiger partial charge on any atom is 0.320 e. The van der Waals surface area contributed by atoms with E-state index < -0.39 is 5.60 Å². The normalized spacial score (nSPS) is 18.0. The maximum absolute atomic E-state index is 11.5. The van der Waals surface area contributed by atoms with Crippen molar-refractivity contribution in [3.8, 4) is 0 Å². The Morgan fingerprint density at radius 1 is 1.31 bits per heavy atom. The zero-order valence-electron chi connectivity index (χ0n) is 10.6. The van der Waals surface area contributed by atoms with Gasteiger partial charge in [0.05, 0.1) is 6.54 Å². The van der Waals surface area contributed by atoms with E-state index in [9.17, 15) is 9.59 Å². The number of Topliss-reactive ketones (excluding diaryl/α,β-unsaturated/α-hetero) is 1. The summed E-state index contributed by atoms with van der Waals surface area (Å²) in [6, 6.07) is 0. The van der Waals surface area contributed by atoms with E-state index in [1.807, 2.05) is 32.6 Å². The first kappa shape index (κ1) is 13.2. The fourth-order valence-corrected chi connectivity index (χ4v) is 1.75. The Morgan fingerprint density at radius 3 is 2.31 bits per heavy atom. The van der Waals surface area contributed by atoms with Gasteiger partial charge >= 0.3 is 5.97 Å². The number of esters is 1. The van der Waals surface area contributed by atoms with Gasteiger partial charge in [0.15, 0.2) is 0 Å². The second-order valence-corrected chi connectivity index (χ2v) is 5.30. The number of carbonyl (C=O) groups is 2. The number of ether oxygens (including phenoxy) is 1. The van der Waals surface area contributed by atoms with Gasteiger partial charge in [-0.15, -0.1) is 0 Å². The molecule has 1 heterocycles. The number of hydrogen-bond donors (Lipinski definition) is 0. The molecule has 0 spiro atoms. The molecule has 4 nitrogen and oxygen atoms in total. The molecule has 0 aliphatic carbocycles. The summed E-state index contributed by atoms with van der Waals surface area (Å²) in [5.41, 5.74) is -0.430. The minimum absolute atomic E-state index is 0.132. The van der Waals surface area contributed by atoms with Gasteiger partial charge in [0.2, 0.25) is 0 Å². The average Bonchev–Trinajstić information content (AvgIpc) is 2.06. The molecule has 0 atom stereocenters. The van der Waals surface area contributed by atoms with Crippen LogP contribution in [0.1, 0.15) is 34.1 Å². The zero-order chi connectivity index (χ0) is 12.3. The van der Waals surface area contributed by atoms with Gasteiger partial charge in [-0.05, 0) is 20.8 Å². The van der Waals surface area contributed by atoms with Crippen LogP contribution in [0.15, 0.2) is 0 Å². The highest BCUT2D eigenvalue weighted by atomic mass is 16.6. The quantitative estimate of drug-likeness (QED) is 0.678.